The molecule has 0 amide bonds. The van der Waals surface area contributed by atoms with Crippen molar-refractivity contribution < 1.29 is 5.11 Å². The first-order chi connectivity index (χ1) is 7.38. The van der Waals surface area contributed by atoms with Crippen LogP contribution in [0.4, 0.5) is 0 Å². The van der Waals surface area contributed by atoms with Crippen molar-refractivity contribution >= 4 is 0 Å². The maximum absolute atomic E-state index is 10.8. The first-order valence-corrected chi connectivity index (χ1v) is 6.42. The summed E-state index contributed by atoms with van der Waals surface area (Å²) in [4.78, 5) is 0. The number of allylic oxidation sites excluding steroid dienone is 2. The average molecular weight is 220 g/mol. The third-order valence-electron chi connectivity index (χ3n) is 4.98. The molecular formula is C15H24O. The molecule has 0 heterocycles. The van der Waals surface area contributed by atoms with Gasteiger partial charge in [0.05, 0.1) is 5.60 Å². The third kappa shape index (κ3) is 1.66. The molecule has 0 bridgehead atoms. The predicted molar refractivity (Wildman–Crippen MR) is 68.2 cm³/mol. The number of hydrogen-bond acceptors (Lipinski definition) is 1. The molecule has 2 aliphatic rings. The van der Waals surface area contributed by atoms with Crippen LogP contribution in [0.1, 0.15) is 52.9 Å². The van der Waals surface area contributed by atoms with Crippen molar-refractivity contribution in [2.45, 2.75) is 58.5 Å². The Morgan fingerprint density at radius 1 is 1.50 bits per heavy atom. The molecule has 0 aliphatic heterocycles. The minimum absolute atomic E-state index is 0.283. The van der Waals surface area contributed by atoms with Crippen molar-refractivity contribution in [1.29, 1.82) is 0 Å². The summed E-state index contributed by atoms with van der Waals surface area (Å²) in [7, 11) is 0. The second-order valence-electron chi connectivity index (χ2n) is 6.20. The summed E-state index contributed by atoms with van der Waals surface area (Å²) in [5.74, 6) is 0.395. The topological polar surface area (TPSA) is 20.2 Å². The largest absolute Gasteiger partial charge is 0.385 e. The molecule has 16 heavy (non-hydrogen) atoms. The SMILES string of the molecule is C=C(C)[C@@]1(O)CC[C@]2(C)CC=C(C)CC[C@H]21. The minimum Gasteiger partial charge on any atom is -0.385 e. The maximum atomic E-state index is 10.8. The highest BCUT2D eigenvalue weighted by molar-refractivity contribution is 5.22. The Hall–Kier alpha value is -0.560. The van der Waals surface area contributed by atoms with Crippen molar-refractivity contribution in [2.24, 2.45) is 11.3 Å². The summed E-state index contributed by atoms with van der Waals surface area (Å²) in [6.07, 6.45) is 7.78. The number of hydrogen-bond donors (Lipinski definition) is 1. The minimum atomic E-state index is -0.604. The van der Waals surface area contributed by atoms with Crippen molar-refractivity contribution in [3.63, 3.8) is 0 Å². The summed E-state index contributed by atoms with van der Waals surface area (Å²) < 4.78 is 0. The van der Waals surface area contributed by atoms with Gasteiger partial charge in [-0.2, -0.15) is 0 Å². The predicted octanol–water partition coefficient (Wildman–Crippen LogP) is 3.84. The van der Waals surface area contributed by atoms with Gasteiger partial charge in [0.2, 0.25) is 0 Å². The highest BCUT2D eigenvalue weighted by Crippen LogP contribution is 2.56. The molecule has 0 aromatic carbocycles. The standard InChI is InChI=1S/C15H24O/c1-11(2)15(16)10-9-14(4)8-7-12(3)5-6-13(14)15/h7,13,16H,1,5-6,8-10H2,2-4H3/t13-,14+,15+/m1/s1. The van der Waals surface area contributed by atoms with E-state index in [4.69, 9.17) is 0 Å². The van der Waals surface area contributed by atoms with Crippen LogP contribution in [0.2, 0.25) is 0 Å². The molecule has 1 heteroatoms. The Morgan fingerprint density at radius 3 is 2.81 bits per heavy atom. The number of rotatable bonds is 1. The van der Waals surface area contributed by atoms with Crippen molar-refractivity contribution in [1.82, 2.24) is 0 Å². The second-order valence-corrected chi connectivity index (χ2v) is 6.20. The molecule has 1 fully saturated rings. The summed E-state index contributed by atoms with van der Waals surface area (Å²) in [6.45, 7) is 10.6. The summed E-state index contributed by atoms with van der Waals surface area (Å²) in [5, 5.41) is 10.8. The van der Waals surface area contributed by atoms with E-state index >= 15 is 0 Å². The first-order valence-electron chi connectivity index (χ1n) is 6.42. The van der Waals surface area contributed by atoms with Gasteiger partial charge < -0.3 is 5.11 Å². The fourth-order valence-electron chi connectivity index (χ4n) is 3.62. The lowest BCUT2D eigenvalue weighted by Crippen LogP contribution is -2.39. The monoisotopic (exact) mass is 220 g/mol. The molecule has 0 saturated heterocycles. The van der Waals surface area contributed by atoms with Crippen LogP contribution in [0.5, 0.6) is 0 Å². The van der Waals surface area contributed by atoms with Crippen LogP contribution < -0.4 is 0 Å². The van der Waals surface area contributed by atoms with Gasteiger partial charge in [0.15, 0.2) is 0 Å². The summed E-state index contributed by atoms with van der Waals surface area (Å²) in [5.41, 5.74) is 2.12. The first kappa shape index (κ1) is 11.9. The van der Waals surface area contributed by atoms with E-state index in [0.29, 0.717) is 5.92 Å². The number of fused-ring (bicyclic) bond motifs is 1. The van der Waals surface area contributed by atoms with Crippen LogP contribution in [0, 0.1) is 11.3 Å². The van der Waals surface area contributed by atoms with Crippen LogP contribution in [-0.4, -0.2) is 10.7 Å². The van der Waals surface area contributed by atoms with E-state index in [1.807, 2.05) is 6.92 Å². The zero-order valence-electron chi connectivity index (χ0n) is 10.8. The highest BCUT2D eigenvalue weighted by atomic mass is 16.3. The molecule has 0 aromatic rings. The van der Waals surface area contributed by atoms with E-state index in [0.717, 1.165) is 37.7 Å². The van der Waals surface area contributed by atoms with Gasteiger partial charge >= 0.3 is 0 Å². The number of aliphatic hydroxyl groups is 1. The fraction of sp³-hybridized carbons (Fsp3) is 0.733. The lowest BCUT2D eigenvalue weighted by Gasteiger charge is -2.38. The summed E-state index contributed by atoms with van der Waals surface area (Å²) >= 11 is 0. The molecular weight excluding hydrogens is 196 g/mol. The van der Waals surface area contributed by atoms with Crippen LogP contribution in [-0.2, 0) is 0 Å². The highest BCUT2D eigenvalue weighted by Gasteiger charge is 2.53. The van der Waals surface area contributed by atoms with Gasteiger partial charge in [-0.05, 0) is 62.9 Å². The Bertz CT molecular complexity index is 341. The molecule has 1 saturated carbocycles. The van der Waals surface area contributed by atoms with Crippen molar-refractivity contribution in [2.75, 3.05) is 0 Å². The molecule has 0 spiro atoms. The molecule has 3 atom stereocenters. The van der Waals surface area contributed by atoms with Gasteiger partial charge in [-0.15, -0.1) is 0 Å². The fourth-order valence-corrected chi connectivity index (χ4v) is 3.62. The lowest BCUT2D eigenvalue weighted by atomic mass is 9.70. The maximum Gasteiger partial charge on any atom is 0.0885 e. The van der Waals surface area contributed by atoms with Gasteiger partial charge in [0.1, 0.15) is 0 Å². The molecule has 2 rings (SSSR count). The summed E-state index contributed by atoms with van der Waals surface area (Å²) in [6, 6.07) is 0. The van der Waals surface area contributed by atoms with Gasteiger partial charge in [0, 0.05) is 0 Å². The van der Waals surface area contributed by atoms with E-state index in [2.05, 4.69) is 26.5 Å². The Labute approximate surface area is 99.3 Å². The van der Waals surface area contributed by atoms with Gasteiger partial charge in [-0.25, -0.2) is 0 Å². The van der Waals surface area contributed by atoms with Crippen LogP contribution in [0.25, 0.3) is 0 Å². The van der Waals surface area contributed by atoms with Crippen LogP contribution in [0.3, 0.4) is 0 Å². The average Bonchev–Trinajstić information content (AvgIpc) is 2.37. The zero-order valence-corrected chi connectivity index (χ0v) is 10.8. The Balaban J connectivity index is 2.32. The lowest BCUT2D eigenvalue weighted by molar-refractivity contribution is 0.00573. The van der Waals surface area contributed by atoms with Crippen LogP contribution >= 0.6 is 0 Å². The normalized spacial score (nSPS) is 43.5. The van der Waals surface area contributed by atoms with Crippen molar-refractivity contribution in [3.8, 4) is 0 Å². The molecule has 90 valence electrons. The molecule has 2 aliphatic carbocycles. The third-order valence-corrected chi connectivity index (χ3v) is 4.98. The molecule has 0 radical (unpaired) electrons. The second kappa shape index (κ2) is 3.73. The Morgan fingerprint density at radius 2 is 2.19 bits per heavy atom. The van der Waals surface area contributed by atoms with Gasteiger partial charge in [-0.1, -0.05) is 25.2 Å². The van der Waals surface area contributed by atoms with E-state index in [1.54, 1.807) is 0 Å². The quantitative estimate of drug-likeness (QED) is 0.666. The van der Waals surface area contributed by atoms with E-state index in [1.165, 1.54) is 5.57 Å². The molecule has 0 unspecified atom stereocenters. The van der Waals surface area contributed by atoms with E-state index in [-0.39, 0.29) is 5.41 Å². The van der Waals surface area contributed by atoms with Crippen LogP contribution in [0.15, 0.2) is 23.8 Å². The molecule has 1 nitrogen and oxygen atoms in total. The van der Waals surface area contributed by atoms with E-state index < -0.39 is 5.60 Å². The zero-order chi connectivity index (χ0) is 12.0. The Kier molecular flexibility index (Phi) is 2.78. The van der Waals surface area contributed by atoms with Gasteiger partial charge in [-0.3, -0.25) is 0 Å². The molecule has 0 aromatic heterocycles. The molecule has 1 N–H and O–H groups in total. The smallest absolute Gasteiger partial charge is 0.0885 e. The van der Waals surface area contributed by atoms with E-state index in [9.17, 15) is 5.11 Å². The van der Waals surface area contributed by atoms with Crippen molar-refractivity contribution in [3.05, 3.63) is 23.8 Å². The van der Waals surface area contributed by atoms with Gasteiger partial charge in [0.25, 0.3) is 0 Å².